The van der Waals surface area contributed by atoms with Crippen molar-refractivity contribution in [3.05, 3.63) is 27.4 Å². The van der Waals surface area contributed by atoms with E-state index in [2.05, 4.69) is 11.9 Å². The molecule has 106 valence electrons. The Hall–Kier alpha value is -1.37. The molecule has 19 heavy (non-hydrogen) atoms. The highest BCUT2D eigenvalue weighted by Gasteiger charge is 2.35. The summed E-state index contributed by atoms with van der Waals surface area (Å²) in [6.07, 6.45) is -2.13. The van der Waals surface area contributed by atoms with E-state index < -0.39 is 17.6 Å². The van der Waals surface area contributed by atoms with E-state index in [0.717, 1.165) is 19.4 Å². The fourth-order valence-corrected chi connectivity index (χ4v) is 2.20. The van der Waals surface area contributed by atoms with Crippen LogP contribution in [0.2, 0.25) is 0 Å². The van der Waals surface area contributed by atoms with Crippen LogP contribution in [0.15, 0.2) is 4.79 Å². The Bertz CT molecular complexity index is 510. The van der Waals surface area contributed by atoms with E-state index in [4.69, 9.17) is 0 Å². The number of aromatic amines is 1. The van der Waals surface area contributed by atoms with Crippen molar-refractivity contribution in [2.24, 2.45) is 0 Å². The lowest BCUT2D eigenvalue weighted by Gasteiger charge is -2.27. The quantitative estimate of drug-likeness (QED) is 0.917. The van der Waals surface area contributed by atoms with Gasteiger partial charge in [0.2, 0.25) is 5.82 Å². The second kappa shape index (κ2) is 5.32. The first-order valence-electron chi connectivity index (χ1n) is 6.33. The summed E-state index contributed by atoms with van der Waals surface area (Å²) in [5.41, 5.74) is -0.00774. The topological polar surface area (TPSA) is 49.0 Å². The molecule has 7 heteroatoms. The zero-order valence-corrected chi connectivity index (χ0v) is 10.7. The van der Waals surface area contributed by atoms with Crippen molar-refractivity contribution in [2.75, 3.05) is 13.1 Å². The summed E-state index contributed by atoms with van der Waals surface area (Å²) in [5.74, 6) is -1.20. The average Bonchev–Trinajstić information content (AvgIpc) is 2.34. The molecule has 0 radical (unpaired) electrons. The summed E-state index contributed by atoms with van der Waals surface area (Å²) in [6.45, 7) is 3.90. The van der Waals surface area contributed by atoms with Gasteiger partial charge in [0.15, 0.2) is 0 Å². The molecule has 0 unspecified atom stereocenters. The van der Waals surface area contributed by atoms with Crippen molar-refractivity contribution >= 4 is 0 Å². The Morgan fingerprint density at radius 3 is 2.79 bits per heavy atom. The molecule has 0 saturated heterocycles. The van der Waals surface area contributed by atoms with Gasteiger partial charge in [-0.15, -0.1) is 0 Å². The summed E-state index contributed by atoms with van der Waals surface area (Å²) >= 11 is 0. The third-order valence-electron chi connectivity index (χ3n) is 3.25. The minimum atomic E-state index is -4.61. The maximum absolute atomic E-state index is 12.6. The number of alkyl halides is 3. The molecule has 1 aromatic rings. The zero-order chi connectivity index (χ0) is 14.0. The van der Waals surface area contributed by atoms with E-state index in [1.54, 1.807) is 0 Å². The normalized spacial score (nSPS) is 16.4. The highest BCUT2D eigenvalue weighted by Crippen LogP contribution is 2.26. The molecular formula is C12H16F3N3O. The number of hydrogen-bond acceptors (Lipinski definition) is 3. The van der Waals surface area contributed by atoms with Gasteiger partial charge in [0.25, 0.3) is 5.56 Å². The monoisotopic (exact) mass is 275 g/mol. The zero-order valence-electron chi connectivity index (χ0n) is 10.7. The van der Waals surface area contributed by atoms with Gasteiger partial charge in [-0.05, 0) is 19.4 Å². The van der Waals surface area contributed by atoms with Gasteiger partial charge in [-0.2, -0.15) is 13.2 Å². The molecule has 0 fully saturated rings. The maximum Gasteiger partial charge on any atom is 0.449 e. The molecule has 1 aliphatic rings. The summed E-state index contributed by atoms with van der Waals surface area (Å²) in [4.78, 5) is 19.1. The van der Waals surface area contributed by atoms with Gasteiger partial charge >= 0.3 is 6.18 Å². The molecule has 2 heterocycles. The van der Waals surface area contributed by atoms with Crippen LogP contribution in [-0.4, -0.2) is 28.0 Å². The fraction of sp³-hybridized carbons (Fsp3) is 0.667. The van der Waals surface area contributed by atoms with Crippen LogP contribution in [-0.2, 0) is 19.1 Å². The summed E-state index contributed by atoms with van der Waals surface area (Å²) < 4.78 is 37.8. The number of fused-ring (bicyclic) bond motifs is 1. The standard InChI is InChI=1S/C12H16F3N3O/c1-2-3-5-18-6-4-8-9(7-18)16-11(12(13,14)15)17-10(8)19/h2-7H2,1H3,(H,16,17,19). The van der Waals surface area contributed by atoms with Crippen LogP contribution in [0.25, 0.3) is 0 Å². The van der Waals surface area contributed by atoms with E-state index in [1.165, 1.54) is 0 Å². The molecule has 0 aromatic carbocycles. The molecule has 2 rings (SSSR count). The maximum atomic E-state index is 12.6. The summed E-state index contributed by atoms with van der Waals surface area (Å²) in [7, 11) is 0. The van der Waals surface area contributed by atoms with Crippen LogP contribution in [0.4, 0.5) is 13.2 Å². The number of aromatic nitrogens is 2. The molecule has 4 nitrogen and oxygen atoms in total. The first-order valence-corrected chi connectivity index (χ1v) is 6.33. The van der Waals surface area contributed by atoms with Crippen molar-refractivity contribution < 1.29 is 13.2 Å². The van der Waals surface area contributed by atoms with Gasteiger partial charge in [-0.3, -0.25) is 9.69 Å². The van der Waals surface area contributed by atoms with Gasteiger partial charge in [-0.25, -0.2) is 4.98 Å². The van der Waals surface area contributed by atoms with Crippen LogP contribution in [0.1, 0.15) is 36.8 Å². The Morgan fingerprint density at radius 2 is 2.16 bits per heavy atom. The number of H-pyrrole nitrogens is 1. The van der Waals surface area contributed by atoms with Gasteiger partial charge < -0.3 is 4.98 Å². The van der Waals surface area contributed by atoms with Crippen molar-refractivity contribution in [1.82, 2.24) is 14.9 Å². The number of unbranched alkanes of at least 4 members (excludes halogenated alkanes) is 1. The Labute approximate surface area is 108 Å². The predicted octanol–water partition coefficient (Wildman–Crippen LogP) is 1.95. The Kier molecular flexibility index (Phi) is 3.93. The van der Waals surface area contributed by atoms with Gasteiger partial charge in [0.05, 0.1) is 5.69 Å². The lowest BCUT2D eigenvalue weighted by atomic mass is 10.1. The summed E-state index contributed by atoms with van der Waals surface area (Å²) in [6, 6.07) is 0. The second-order valence-electron chi connectivity index (χ2n) is 4.72. The van der Waals surface area contributed by atoms with Gasteiger partial charge in [-0.1, -0.05) is 13.3 Å². The Balaban J connectivity index is 2.27. The molecule has 1 aromatic heterocycles. The third kappa shape index (κ3) is 3.15. The fourth-order valence-electron chi connectivity index (χ4n) is 2.20. The summed E-state index contributed by atoms with van der Waals surface area (Å²) in [5, 5.41) is 0. The molecule has 0 spiro atoms. The smallest absolute Gasteiger partial charge is 0.303 e. The lowest BCUT2D eigenvalue weighted by molar-refractivity contribution is -0.145. The first kappa shape index (κ1) is 14.0. The number of hydrogen-bond donors (Lipinski definition) is 1. The average molecular weight is 275 g/mol. The number of nitrogens with one attached hydrogen (secondary N) is 1. The third-order valence-corrected chi connectivity index (χ3v) is 3.25. The van der Waals surface area contributed by atoms with Crippen molar-refractivity contribution in [2.45, 2.75) is 38.9 Å². The molecule has 0 atom stereocenters. The number of halogens is 3. The van der Waals surface area contributed by atoms with Gasteiger partial charge in [0, 0.05) is 18.7 Å². The van der Waals surface area contributed by atoms with E-state index >= 15 is 0 Å². The molecule has 0 saturated carbocycles. The predicted molar refractivity (Wildman–Crippen MR) is 63.7 cm³/mol. The Morgan fingerprint density at radius 1 is 1.42 bits per heavy atom. The SMILES string of the molecule is CCCCN1CCc2c(nc(C(F)(F)F)[nH]c2=O)C1. The number of nitrogens with zero attached hydrogens (tertiary/aromatic N) is 2. The van der Waals surface area contributed by atoms with Crippen LogP contribution < -0.4 is 5.56 Å². The van der Waals surface area contributed by atoms with Crippen LogP contribution in [0, 0.1) is 0 Å². The highest BCUT2D eigenvalue weighted by atomic mass is 19.4. The lowest BCUT2D eigenvalue weighted by Crippen LogP contribution is -2.37. The second-order valence-corrected chi connectivity index (χ2v) is 4.72. The van der Waals surface area contributed by atoms with Gasteiger partial charge in [0.1, 0.15) is 0 Å². The van der Waals surface area contributed by atoms with Crippen molar-refractivity contribution in [3.63, 3.8) is 0 Å². The van der Waals surface area contributed by atoms with Crippen LogP contribution in [0.3, 0.4) is 0 Å². The van der Waals surface area contributed by atoms with E-state index in [9.17, 15) is 18.0 Å². The first-order chi connectivity index (χ1) is 8.91. The van der Waals surface area contributed by atoms with Crippen molar-refractivity contribution in [1.29, 1.82) is 0 Å². The van der Waals surface area contributed by atoms with Crippen LogP contribution >= 0.6 is 0 Å². The van der Waals surface area contributed by atoms with E-state index in [-0.39, 0.29) is 5.69 Å². The minimum absolute atomic E-state index is 0.262. The largest absolute Gasteiger partial charge is 0.449 e. The molecule has 0 amide bonds. The molecule has 1 N–H and O–H groups in total. The molecule has 1 aliphatic heterocycles. The van der Waals surface area contributed by atoms with E-state index in [0.29, 0.717) is 25.1 Å². The molecule has 0 aliphatic carbocycles. The van der Waals surface area contributed by atoms with E-state index in [1.807, 2.05) is 9.88 Å². The number of rotatable bonds is 3. The molecule has 0 bridgehead atoms. The van der Waals surface area contributed by atoms with Crippen molar-refractivity contribution in [3.8, 4) is 0 Å². The highest BCUT2D eigenvalue weighted by molar-refractivity contribution is 5.21. The molecular weight excluding hydrogens is 259 g/mol. The minimum Gasteiger partial charge on any atom is -0.303 e. The van der Waals surface area contributed by atoms with Crippen LogP contribution in [0.5, 0.6) is 0 Å².